The molecule has 4 rings (SSSR count). The van der Waals surface area contributed by atoms with E-state index >= 15 is 0 Å². The fraction of sp³-hybridized carbons (Fsp3) is 0.345. The average molecular weight is 489 g/mol. The van der Waals surface area contributed by atoms with Crippen LogP contribution in [0.1, 0.15) is 51.3 Å². The van der Waals surface area contributed by atoms with E-state index in [1.54, 1.807) is 7.05 Å². The Labute approximate surface area is 213 Å². The molecule has 0 fully saturated rings. The second-order valence-electron chi connectivity index (χ2n) is 9.78. The van der Waals surface area contributed by atoms with Gasteiger partial charge < -0.3 is 20.6 Å². The molecule has 3 aromatic carbocycles. The van der Waals surface area contributed by atoms with Gasteiger partial charge in [0.25, 0.3) is 0 Å². The lowest BCUT2D eigenvalue weighted by Gasteiger charge is -2.25. The molecule has 1 unspecified atom stereocenters. The number of anilines is 2. The zero-order valence-corrected chi connectivity index (χ0v) is 21.5. The predicted octanol–water partition coefficient (Wildman–Crippen LogP) is 4.51. The summed E-state index contributed by atoms with van der Waals surface area (Å²) in [6, 6.07) is 16.4. The summed E-state index contributed by atoms with van der Waals surface area (Å²) < 4.78 is 6.06. The molecule has 0 saturated heterocycles. The number of benzene rings is 3. The second-order valence-corrected chi connectivity index (χ2v) is 9.78. The highest BCUT2D eigenvalue weighted by molar-refractivity contribution is 5.74. The van der Waals surface area contributed by atoms with Crippen molar-refractivity contribution in [1.82, 2.24) is 4.90 Å². The maximum absolute atomic E-state index is 11.9. The van der Waals surface area contributed by atoms with E-state index in [9.17, 15) is 9.90 Å². The first kappa shape index (κ1) is 25.5. The number of carboxylic acid groups (broad SMARTS) is 1. The molecule has 1 aliphatic heterocycles. The molecule has 1 heterocycles. The van der Waals surface area contributed by atoms with Gasteiger partial charge >= 0.3 is 5.97 Å². The maximum atomic E-state index is 11.9. The van der Waals surface area contributed by atoms with Gasteiger partial charge in [0.1, 0.15) is 12.4 Å². The molecule has 7 nitrogen and oxygen atoms in total. The van der Waals surface area contributed by atoms with Crippen LogP contribution in [0.25, 0.3) is 0 Å². The molecule has 1 atom stereocenters. The molecule has 0 saturated carbocycles. The minimum atomic E-state index is -0.850. The van der Waals surface area contributed by atoms with E-state index in [2.05, 4.69) is 49.1 Å². The van der Waals surface area contributed by atoms with Crippen LogP contribution in [0.15, 0.2) is 48.5 Å². The molecular formula is C29H36N4O3. The second kappa shape index (κ2) is 10.6. The number of hydrazine groups is 1. The summed E-state index contributed by atoms with van der Waals surface area (Å²) in [4.78, 5) is 14.3. The molecule has 0 bridgehead atoms. The number of para-hydroxylation sites is 1. The first-order chi connectivity index (χ1) is 17.2. The number of aryl methyl sites for hydroxylation is 2. The third-order valence-corrected chi connectivity index (χ3v) is 7.18. The minimum Gasteiger partial charge on any atom is -0.492 e. The molecule has 1 aliphatic rings. The number of nitrogens with zero attached hydrogens (tertiary/aromatic N) is 2. The predicted molar refractivity (Wildman–Crippen MR) is 144 cm³/mol. The Bertz CT molecular complexity index is 1270. The number of fused-ring (bicyclic) bond motifs is 1. The Kier molecular flexibility index (Phi) is 7.52. The molecule has 3 aromatic rings. The number of aliphatic carboxylic acids is 1. The van der Waals surface area contributed by atoms with Crippen LogP contribution in [0.5, 0.6) is 5.75 Å². The Morgan fingerprint density at radius 3 is 2.64 bits per heavy atom. The van der Waals surface area contributed by atoms with Crippen molar-refractivity contribution >= 4 is 17.3 Å². The van der Waals surface area contributed by atoms with Gasteiger partial charge in [0.2, 0.25) is 0 Å². The summed E-state index contributed by atoms with van der Waals surface area (Å²) in [5.41, 5.74) is 15.1. The third kappa shape index (κ3) is 5.32. The van der Waals surface area contributed by atoms with Crippen molar-refractivity contribution in [1.29, 1.82) is 0 Å². The molecular weight excluding hydrogens is 452 g/mol. The zero-order valence-electron chi connectivity index (χ0n) is 21.5. The normalized spacial score (nSPS) is 14.5. The van der Waals surface area contributed by atoms with Gasteiger partial charge in [-0.3, -0.25) is 9.69 Å². The summed E-state index contributed by atoms with van der Waals surface area (Å²) in [6.07, 6.45) is -0.0230. The number of nitrogen functional groups attached to an aromatic ring is 1. The van der Waals surface area contributed by atoms with E-state index in [0.29, 0.717) is 18.0 Å². The standard InChI is InChI=1S/C29H36N4O3/c1-18-8-9-21(25(15-27(34)35)24-10-11-26(32(4)31)28(30)20(24)3)14-23(18)17-33-12-13-36-29-19(2)6-5-7-22(29)16-33/h5-11,14,25H,12-13,15-17,30-31H2,1-4H3,(H,34,35). The molecule has 36 heavy (non-hydrogen) atoms. The van der Waals surface area contributed by atoms with Crippen molar-refractivity contribution in [2.75, 3.05) is 30.9 Å². The van der Waals surface area contributed by atoms with Gasteiger partial charge in [-0.25, -0.2) is 5.84 Å². The number of nitrogens with two attached hydrogens (primary N) is 2. The van der Waals surface area contributed by atoms with Crippen LogP contribution in [0, 0.1) is 20.8 Å². The van der Waals surface area contributed by atoms with Crippen molar-refractivity contribution in [3.05, 3.63) is 87.5 Å². The molecule has 0 aromatic heterocycles. The average Bonchev–Trinajstić information content (AvgIpc) is 3.03. The first-order valence-corrected chi connectivity index (χ1v) is 12.3. The molecule has 190 valence electrons. The molecule has 0 aliphatic carbocycles. The number of rotatable bonds is 7. The topological polar surface area (TPSA) is 105 Å². The molecule has 0 amide bonds. The lowest BCUT2D eigenvalue weighted by atomic mass is 9.84. The van der Waals surface area contributed by atoms with Crippen LogP contribution in [0.3, 0.4) is 0 Å². The fourth-order valence-corrected chi connectivity index (χ4v) is 5.09. The van der Waals surface area contributed by atoms with E-state index < -0.39 is 5.97 Å². The van der Waals surface area contributed by atoms with Gasteiger partial charge in [0.05, 0.1) is 17.8 Å². The fourth-order valence-electron chi connectivity index (χ4n) is 5.09. The van der Waals surface area contributed by atoms with Crippen molar-refractivity contribution in [3.63, 3.8) is 0 Å². The van der Waals surface area contributed by atoms with Crippen LogP contribution in [0.2, 0.25) is 0 Å². The number of hydrogen-bond acceptors (Lipinski definition) is 6. The summed E-state index contributed by atoms with van der Waals surface area (Å²) in [5, 5.41) is 11.2. The smallest absolute Gasteiger partial charge is 0.304 e. The molecule has 7 heteroatoms. The van der Waals surface area contributed by atoms with Crippen molar-refractivity contribution in [2.24, 2.45) is 5.84 Å². The Morgan fingerprint density at radius 2 is 1.92 bits per heavy atom. The Morgan fingerprint density at radius 1 is 1.14 bits per heavy atom. The maximum Gasteiger partial charge on any atom is 0.304 e. The summed E-state index contributed by atoms with van der Waals surface area (Å²) in [5.74, 6) is 5.74. The number of ether oxygens (including phenoxy) is 1. The lowest BCUT2D eigenvalue weighted by Crippen LogP contribution is -2.26. The Balaban J connectivity index is 1.67. The minimum absolute atomic E-state index is 0.0230. The largest absolute Gasteiger partial charge is 0.492 e. The summed E-state index contributed by atoms with van der Waals surface area (Å²) in [7, 11) is 1.74. The van der Waals surface area contributed by atoms with Crippen molar-refractivity contribution in [2.45, 2.75) is 46.2 Å². The Hall–Kier alpha value is -3.55. The third-order valence-electron chi connectivity index (χ3n) is 7.18. The van der Waals surface area contributed by atoms with Gasteiger partial charge in [-0.05, 0) is 60.2 Å². The van der Waals surface area contributed by atoms with Crippen molar-refractivity contribution in [3.8, 4) is 5.75 Å². The van der Waals surface area contributed by atoms with Crippen LogP contribution in [-0.2, 0) is 17.9 Å². The zero-order chi connectivity index (χ0) is 26.0. The van der Waals surface area contributed by atoms with Gasteiger partial charge in [-0.2, -0.15) is 0 Å². The highest BCUT2D eigenvalue weighted by Gasteiger charge is 2.24. The molecule has 5 N–H and O–H groups in total. The van der Waals surface area contributed by atoms with E-state index in [1.165, 1.54) is 21.7 Å². The number of hydrogen-bond donors (Lipinski definition) is 3. The van der Waals surface area contributed by atoms with E-state index in [1.807, 2.05) is 25.1 Å². The van der Waals surface area contributed by atoms with E-state index in [-0.39, 0.29) is 12.3 Å². The van der Waals surface area contributed by atoms with Gasteiger partial charge in [-0.15, -0.1) is 0 Å². The highest BCUT2D eigenvalue weighted by Crippen LogP contribution is 2.37. The summed E-state index contributed by atoms with van der Waals surface area (Å²) >= 11 is 0. The van der Waals surface area contributed by atoms with Crippen LogP contribution >= 0.6 is 0 Å². The summed E-state index contributed by atoms with van der Waals surface area (Å²) in [6.45, 7) is 9.14. The van der Waals surface area contributed by atoms with E-state index in [0.717, 1.165) is 47.6 Å². The van der Waals surface area contributed by atoms with Crippen LogP contribution in [-0.4, -0.2) is 36.2 Å². The van der Waals surface area contributed by atoms with Gasteiger partial charge in [-0.1, -0.05) is 42.5 Å². The first-order valence-electron chi connectivity index (χ1n) is 12.3. The van der Waals surface area contributed by atoms with Crippen molar-refractivity contribution < 1.29 is 14.6 Å². The van der Waals surface area contributed by atoms with E-state index in [4.69, 9.17) is 16.3 Å². The SMILES string of the molecule is Cc1ccc(C(CC(=O)O)c2ccc(N(C)N)c(N)c2C)cc1CN1CCOc2c(C)cccc2C1. The van der Waals surface area contributed by atoms with Crippen LogP contribution < -0.4 is 21.3 Å². The quantitative estimate of drug-likeness (QED) is 0.255. The monoisotopic (exact) mass is 488 g/mol. The highest BCUT2D eigenvalue weighted by atomic mass is 16.5. The molecule has 0 spiro atoms. The number of carboxylic acids is 1. The van der Waals surface area contributed by atoms with Gasteiger partial charge in [0, 0.05) is 38.2 Å². The lowest BCUT2D eigenvalue weighted by molar-refractivity contribution is -0.137. The number of carbonyl (C=O) groups is 1. The van der Waals surface area contributed by atoms with Crippen LogP contribution in [0.4, 0.5) is 11.4 Å². The molecule has 0 radical (unpaired) electrons. The van der Waals surface area contributed by atoms with Gasteiger partial charge in [0.15, 0.2) is 0 Å².